The number of thiol groups is 1. The zero-order valence-corrected chi connectivity index (χ0v) is 24.8. The average Bonchev–Trinajstić information content (AvgIpc) is 3.72. The van der Waals surface area contributed by atoms with E-state index >= 15 is 4.39 Å². The quantitative estimate of drug-likeness (QED) is 0.115. The van der Waals surface area contributed by atoms with Gasteiger partial charge in [0, 0.05) is 6.42 Å². The molecular weight excluding hydrogens is 656 g/mol. The first-order chi connectivity index (χ1) is 20.9. The van der Waals surface area contributed by atoms with E-state index in [1.54, 1.807) is 0 Å². The molecule has 6 N–H and O–H groups in total. The summed E-state index contributed by atoms with van der Waals surface area (Å²) < 4.78 is 84.3. The van der Waals surface area contributed by atoms with Crippen LogP contribution in [0.4, 0.5) is 20.5 Å². The van der Waals surface area contributed by atoms with Crippen molar-refractivity contribution in [3.8, 4) is 0 Å². The second-order valence-electron chi connectivity index (χ2n) is 9.70. The molecule has 0 saturated carbocycles. The highest BCUT2D eigenvalue weighted by atomic mass is 32.7. The minimum absolute atomic E-state index is 0.109. The van der Waals surface area contributed by atoms with Crippen LogP contribution in [0.1, 0.15) is 18.9 Å². The molecule has 0 bridgehead atoms. The lowest BCUT2D eigenvalue weighted by Crippen LogP contribution is -2.33. The summed E-state index contributed by atoms with van der Waals surface area (Å²) in [6, 6.07) is 0. The van der Waals surface area contributed by atoms with Crippen molar-refractivity contribution in [2.45, 2.75) is 49.5 Å². The van der Waals surface area contributed by atoms with Crippen molar-refractivity contribution in [2.24, 2.45) is 0 Å². The molecule has 238 valence electrons. The van der Waals surface area contributed by atoms with Crippen molar-refractivity contribution in [1.29, 1.82) is 0 Å². The SMILES string of the molecule is Nc1nc2c(ncn2[C@@H]2O[C@H](CO[P@](=O)(O)S)[C@@H](O[PH](=O)OC[C@@H]3C[C@@H](F)[C@H](n4cnc5c(N)ncnc54)O3)[C@H]2F)c(=O)[nH]1. The predicted octanol–water partition coefficient (Wildman–Crippen LogP) is 0.823. The number of aromatic nitrogens is 8. The molecule has 4 aromatic heterocycles. The number of anilines is 2. The van der Waals surface area contributed by atoms with E-state index in [-0.39, 0.29) is 40.5 Å². The fourth-order valence-corrected chi connectivity index (χ4v) is 6.34. The van der Waals surface area contributed by atoms with Gasteiger partial charge in [-0.1, -0.05) is 12.2 Å². The zero-order chi connectivity index (χ0) is 31.3. The molecule has 2 aliphatic heterocycles. The number of imidazole rings is 2. The molecule has 0 amide bonds. The van der Waals surface area contributed by atoms with E-state index in [2.05, 4.69) is 42.2 Å². The molecule has 0 aromatic carbocycles. The number of ether oxygens (including phenoxy) is 2. The number of nitrogens with zero attached hydrogens (tertiary/aromatic N) is 7. The molecule has 4 aromatic rings. The normalized spacial score (nSPS) is 29.4. The lowest BCUT2D eigenvalue weighted by Gasteiger charge is -2.20. The molecule has 1 unspecified atom stereocenters. The maximum atomic E-state index is 15.8. The largest absolute Gasteiger partial charge is 0.383 e. The van der Waals surface area contributed by atoms with Gasteiger partial charge in [0.05, 0.1) is 32.0 Å². The van der Waals surface area contributed by atoms with Gasteiger partial charge >= 0.3 is 15.1 Å². The maximum Gasteiger partial charge on any atom is 0.383 e. The third-order valence-corrected chi connectivity index (χ3v) is 8.51. The summed E-state index contributed by atoms with van der Waals surface area (Å²) in [6.07, 6.45) is -6.85. The van der Waals surface area contributed by atoms with Crippen LogP contribution < -0.4 is 17.0 Å². The van der Waals surface area contributed by atoms with Crippen molar-refractivity contribution in [1.82, 2.24) is 39.0 Å². The van der Waals surface area contributed by atoms with Crippen LogP contribution in [0.2, 0.25) is 0 Å². The summed E-state index contributed by atoms with van der Waals surface area (Å²) in [5.74, 6) is -0.164. The Hall–Kier alpha value is -3.07. The Kier molecular flexibility index (Phi) is 8.46. The molecule has 24 heteroatoms. The number of hydrogen-bond acceptors (Lipinski definition) is 15. The first kappa shape index (κ1) is 30.9. The van der Waals surface area contributed by atoms with Crippen molar-refractivity contribution in [3.05, 3.63) is 29.3 Å². The highest BCUT2D eigenvalue weighted by Gasteiger charge is 2.49. The van der Waals surface area contributed by atoms with Crippen LogP contribution in [0.3, 0.4) is 0 Å². The van der Waals surface area contributed by atoms with Gasteiger partial charge in [-0.3, -0.25) is 28.0 Å². The highest BCUT2D eigenvalue weighted by molar-refractivity contribution is 8.44. The van der Waals surface area contributed by atoms with Gasteiger partial charge in [-0.05, 0) is 0 Å². The van der Waals surface area contributed by atoms with Gasteiger partial charge in [-0.25, -0.2) is 33.3 Å². The summed E-state index contributed by atoms with van der Waals surface area (Å²) in [5, 5.41) is 0. The molecule has 2 saturated heterocycles. The zero-order valence-electron chi connectivity index (χ0n) is 22.0. The molecule has 9 atom stereocenters. The third kappa shape index (κ3) is 6.09. The lowest BCUT2D eigenvalue weighted by molar-refractivity contribution is -0.0428. The van der Waals surface area contributed by atoms with Crippen molar-refractivity contribution < 1.29 is 45.8 Å². The standard InChI is InChI=1S/C20H24F2N10O9P2S/c21-8-1-7(39-18(8)31-5-27-11-14(23)25-4-26-15(11)31)2-37-42(34)41-13-9(3-38-43(35,36)44)40-19(10(13)22)32-6-28-12-16(32)29-20(24)30-17(12)33/h4-10,13,18-19,42H,1-3H2,(H2,23,25,26)(H2,35,36,44)(H3,24,29,30,33)/t7-,8+,9+,10+,13+,18+,19+/m0/s1. The maximum absolute atomic E-state index is 15.8. The number of nitrogens with one attached hydrogen (secondary N) is 1. The minimum Gasteiger partial charge on any atom is -0.382 e. The molecule has 44 heavy (non-hydrogen) atoms. The van der Waals surface area contributed by atoms with E-state index in [0.717, 1.165) is 10.9 Å². The van der Waals surface area contributed by atoms with E-state index in [1.807, 2.05) is 0 Å². The van der Waals surface area contributed by atoms with Gasteiger partial charge in [0.1, 0.15) is 30.2 Å². The monoisotopic (exact) mass is 680 g/mol. The fourth-order valence-electron chi connectivity index (χ4n) is 4.91. The van der Waals surface area contributed by atoms with Crippen molar-refractivity contribution >= 4 is 61.4 Å². The van der Waals surface area contributed by atoms with Crippen LogP contribution >= 0.6 is 27.3 Å². The summed E-state index contributed by atoms with van der Waals surface area (Å²) in [7, 11) is -3.50. The van der Waals surface area contributed by atoms with E-state index in [4.69, 9.17) is 34.5 Å². The number of rotatable bonds is 10. The summed E-state index contributed by atoms with van der Waals surface area (Å²) in [6.45, 7) is -5.44. The second-order valence-corrected chi connectivity index (χ2v) is 13.5. The molecule has 0 aliphatic carbocycles. The van der Waals surface area contributed by atoms with Crippen LogP contribution in [-0.2, 0) is 32.2 Å². The van der Waals surface area contributed by atoms with Crippen LogP contribution in [0.25, 0.3) is 22.3 Å². The Balaban J connectivity index is 1.13. The fraction of sp³-hybridized carbons (Fsp3) is 0.500. The molecule has 0 spiro atoms. The first-order valence-electron chi connectivity index (χ1n) is 12.7. The topological polar surface area (TPSA) is 260 Å². The number of halogens is 2. The Morgan fingerprint density at radius 3 is 2.59 bits per heavy atom. The van der Waals surface area contributed by atoms with E-state index in [1.165, 1.54) is 17.2 Å². The van der Waals surface area contributed by atoms with E-state index in [9.17, 15) is 23.2 Å². The highest BCUT2D eigenvalue weighted by Crippen LogP contribution is 2.48. The van der Waals surface area contributed by atoms with E-state index in [0.29, 0.717) is 0 Å². The average molecular weight is 680 g/mol. The van der Waals surface area contributed by atoms with Gasteiger partial charge < -0.3 is 34.9 Å². The number of hydrogen-bond donors (Lipinski definition) is 5. The number of alkyl halides is 2. The Labute approximate surface area is 249 Å². The predicted molar refractivity (Wildman–Crippen MR) is 149 cm³/mol. The number of nitrogens with two attached hydrogens (primary N) is 2. The number of fused-ring (bicyclic) bond motifs is 2. The van der Waals surface area contributed by atoms with E-state index < -0.39 is 76.9 Å². The Morgan fingerprint density at radius 2 is 1.84 bits per heavy atom. The number of aromatic amines is 1. The molecule has 6 heterocycles. The second kappa shape index (κ2) is 12.0. The Bertz CT molecular complexity index is 1820. The molecule has 0 radical (unpaired) electrons. The molecule has 2 aliphatic rings. The number of nitrogen functional groups attached to an aromatic ring is 2. The number of H-pyrrole nitrogens is 1. The lowest BCUT2D eigenvalue weighted by atomic mass is 10.1. The third-order valence-electron chi connectivity index (χ3n) is 6.81. The molecule has 6 rings (SSSR count). The smallest absolute Gasteiger partial charge is 0.382 e. The first-order valence-corrected chi connectivity index (χ1v) is 16.6. The van der Waals surface area contributed by atoms with Crippen LogP contribution in [-0.4, -0.2) is 87.8 Å². The van der Waals surface area contributed by atoms with Crippen LogP contribution in [0, 0.1) is 0 Å². The molecule has 19 nitrogen and oxygen atoms in total. The van der Waals surface area contributed by atoms with Gasteiger partial charge in [0.25, 0.3) is 5.56 Å². The Morgan fingerprint density at radius 1 is 1.11 bits per heavy atom. The van der Waals surface area contributed by atoms with Crippen LogP contribution in [0.5, 0.6) is 0 Å². The van der Waals surface area contributed by atoms with Gasteiger partial charge in [-0.2, -0.15) is 4.98 Å². The van der Waals surface area contributed by atoms with Gasteiger partial charge in [0.2, 0.25) is 5.95 Å². The van der Waals surface area contributed by atoms with Gasteiger partial charge in [-0.15, -0.1) is 0 Å². The molecular formula is C20H24F2N10O9P2S. The minimum atomic E-state index is -4.34. The summed E-state index contributed by atoms with van der Waals surface area (Å²) in [5.41, 5.74) is 10.9. The van der Waals surface area contributed by atoms with Gasteiger partial charge in [0.15, 0.2) is 41.3 Å². The van der Waals surface area contributed by atoms with Crippen molar-refractivity contribution in [2.75, 3.05) is 24.7 Å². The summed E-state index contributed by atoms with van der Waals surface area (Å²) in [4.78, 5) is 43.7. The van der Waals surface area contributed by atoms with Crippen molar-refractivity contribution in [3.63, 3.8) is 0 Å². The van der Waals surface area contributed by atoms with Crippen LogP contribution in [0.15, 0.2) is 23.8 Å². The molecule has 2 fully saturated rings. The summed E-state index contributed by atoms with van der Waals surface area (Å²) >= 11 is 3.43.